The molecule has 1 aromatic carbocycles. The lowest BCUT2D eigenvalue weighted by molar-refractivity contribution is 0.109. The maximum atomic E-state index is 5.59. The largest absolute Gasteiger partial charge is 0.375 e. The minimum Gasteiger partial charge on any atom is -0.375 e. The first-order chi connectivity index (χ1) is 6.33. The summed E-state index contributed by atoms with van der Waals surface area (Å²) in [6.45, 7) is 1.59. The summed E-state index contributed by atoms with van der Waals surface area (Å²) in [6, 6.07) is 9.95. The lowest BCUT2D eigenvalue weighted by atomic mass is 10.2. The number of hydrogen-bond acceptors (Lipinski definition) is 3. The summed E-state index contributed by atoms with van der Waals surface area (Å²) < 4.78 is 5.37. The molecule has 0 radical (unpaired) electrons. The van der Waals surface area contributed by atoms with Crippen LogP contribution in [0.1, 0.15) is 5.56 Å². The molecule has 0 heterocycles. The molecule has 3 nitrogen and oxygen atoms in total. The molecule has 0 aromatic heterocycles. The fourth-order valence-electron chi connectivity index (χ4n) is 0.970. The van der Waals surface area contributed by atoms with Crippen LogP contribution in [0.5, 0.6) is 0 Å². The molecule has 1 atom stereocenters. The number of rotatable bonds is 5. The minimum atomic E-state index is -0.0521. The Labute approximate surface area is 78.7 Å². The van der Waals surface area contributed by atoms with E-state index in [9.17, 15) is 0 Å². The van der Waals surface area contributed by atoms with Crippen molar-refractivity contribution in [2.45, 2.75) is 12.6 Å². The zero-order chi connectivity index (χ0) is 9.52. The highest BCUT2D eigenvalue weighted by Crippen LogP contribution is 2.00. The number of benzene rings is 1. The van der Waals surface area contributed by atoms with Crippen molar-refractivity contribution in [2.24, 2.45) is 11.5 Å². The second-order valence-corrected chi connectivity index (χ2v) is 3.00. The van der Waals surface area contributed by atoms with Gasteiger partial charge in [-0.25, -0.2) is 0 Å². The van der Waals surface area contributed by atoms with Gasteiger partial charge in [0.25, 0.3) is 0 Å². The summed E-state index contributed by atoms with van der Waals surface area (Å²) in [7, 11) is 0. The van der Waals surface area contributed by atoms with Gasteiger partial charge >= 0.3 is 0 Å². The quantitative estimate of drug-likeness (QED) is 0.693. The highest BCUT2D eigenvalue weighted by molar-refractivity contribution is 5.13. The Morgan fingerprint density at radius 3 is 2.54 bits per heavy atom. The van der Waals surface area contributed by atoms with Gasteiger partial charge in [0.2, 0.25) is 0 Å². The van der Waals surface area contributed by atoms with Crippen LogP contribution < -0.4 is 11.5 Å². The third kappa shape index (κ3) is 4.03. The molecule has 0 fully saturated rings. The zero-order valence-electron chi connectivity index (χ0n) is 7.65. The Morgan fingerprint density at radius 1 is 1.23 bits per heavy atom. The SMILES string of the molecule is NC[C@H](N)COCc1ccccc1. The first-order valence-electron chi connectivity index (χ1n) is 4.40. The van der Waals surface area contributed by atoms with E-state index in [1.165, 1.54) is 0 Å². The van der Waals surface area contributed by atoms with E-state index in [1.807, 2.05) is 30.3 Å². The third-order valence-electron chi connectivity index (χ3n) is 1.75. The molecule has 72 valence electrons. The average Bonchev–Trinajstić information content (AvgIpc) is 2.19. The van der Waals surface area contributed by atoms with Crippen molar-refractivity contribution in [3.63, 3.8) is 0 Å². The maximum Gasteiger partial charge on any atom is 0.0717 e. The fourth-order valence-corrected chi connectivity index (χ4v) is 0.970. The Bertz CT molecular complexity index is 226. The van der Waals surface area contributed by atoms with E-state index in [2.05, 4.69) is 0 Å². The van der Waals surface area contributed by atoms with Crippen molar-refractivity contribution in [3.05, 3.63) is 35.9 Å². The van der Waals surface area contributed by atoms with Gasteiger partial charge in [-0.3, -0.25) is 0 Å². The molecular formula is C10H16N2O. The number of nitrogens with two attached hydrogens (primary N) is 2. The second-order valence-electron chi connectivity index (χ2n) is 3.00. The van der Waals surface area contributed by atoms with E-state index in [0.29, 0.717) is 19.8 Å². The summed E-state index contributed by atoms with van der Waals surface area (Å²) in [5.41, 5.74) is 12.1. The first kappa shape index (κ1) is 10.2. The van der Waals surface area contributed by atoms with Crippen LogP contribution in [0.2, 0.25) is 0 Å². The fraction of sp³-hybridized carbons (Fsp3) is 0.400. The maximum absolute atomic E-state index is 5.59. The lowest BCUT2D eigenvalue weighted by Crippen LogP contribution is -2.34. The van der Waals surface area contributed by atoms with Gasteiger partial charge in [0.05, 0.1) is 13.2 Å². The second kappa shape index (κ2) is 5.70. The van der Waals surface area contributed by atoms with Crippen molar-refractivity contribution in [2.75, 3.05) is 13.2 Å². The molecule has 0 saturated carbocycles. The Balaban J connectivity index is 2.20. The molecule has 0 unspecified atom stereocenters. The van der Waals surface area contributed by atoms with Gasteiger partial charge in [-0.05, 0) is 5.56 Å². The van der Waals surface area contributed by atoms with Gasteiger partial charge in [0.1, 0.15) is 0 Å². The van der Waals surface area contributed by atoms with Gasteiger partial charge in [-0.1, -0.05) is 30.3 Å². The van der Waals surface area contributed by atoms with Crippen LogP contribution in [0.3, 0.4) is 0 Å². The van der Waals surface area contributed by atoms with E-state index in [-0.39, 0.29) is 6.04 Å². The van der Waals surface area contributed by atoms with Gasteiger partial charge in [0, 0.05) is 12.6 Å². The van der Waals surface area contributed by atoms with Crippen LogP contribution in [-0.2, 0) is 11.3 Å². The Hall–Kier alpha value is -0.900. The van der Waals surface area contributed by atoms with E-state index >= 15 is 0 Å². The summed E-state index contributed by atoms with van der Waals surface area (Å²) in [6.07, 6.45) is 0. The lowest BCUT2D eigenvalue weighted by Gasteiger charge is -2.09. The van der Waals surface area contributed by atoms with Gasteiger partial charge in [0.15, 0.2) is 0 Å². The third-order valence-corrected chi connectivity index (χ3v) is 1.75. The molecule has 0 amide bonds. The van der Waals surface area contributed by atoms with E-state index in [1.54, 1.807) is 0 Å². The van der Waals surface area contributed by atoms with Crippen LogP contribution in [0.15, 0.2) is 30.3 Å². The molecule has 13 heavy (non-hydrogen) atoms. The van der Waals surface area contributed by atoms with Gasteiger partial charge in [-0.2, -0.15) is 0 Å². The van der Waals surface area contributed by atoms with Crippen molar-refractivity contribution in [1.82, 2.24) is 0 Å². The highest BCUT2D eigenvalue weighted by Gasteiger charge is 1.98. The molecule has 1 rings (SSSR count). The molecule has 0 spiro atoms. The predicted octanol–water partition coefficient (Wildman–Crippen LogP) is 0.489. The van der Waals surface area contributed by atoms with Crippen LogP contribution in [0.25, 0.3) is 0 Å². The molecular weight excluding hydrogens is 164 g/mol. The molecule has 0 aliphatic heterocycles. The zero-order valence-corrected chi connectivity index (χ0v) is 7.65. The number of ether oxygens (including phenoxy) is 1. The summed E-state index contributed by atoms with van der Waals surface area (Å²) in [5.74, 6) is 0. The van der Waals surface area contributed by atoms with Crippen LogP contribution in [-0.4, -0.2) is 19.2 Å². The van der Waals surface area contributed by atoms with E-state index < -0.39 is 0 Å². The molecule has 0 aliphatic carbocycles. The van der Waals surface area contributed by atoms with Crippen molar-refractivity contribution in [3.8, 4) is 0 Å². The molecule has 1 aromatic rings. The topological polar surface area (TPSA) is 61.3 Å². The highest BCUT2D eigenvalue weighted by atomic mass is 16.5. The summed E-state index contributed by atoms with van der Waals surface area (Å²) in [4.78, 5) is 0. The minimum absolute atomic E-state index is 0.0521. The van der Waals surface area contributed by atoms with Crippen molar-refractivity contribution in [1.29, 1.82) is 0 Å². The standard InChI is InChI=1S/C10H16N2O/c11-6-10(12)8-13-7-9-4-2-1-3-5-9/h1-5,10H,6-8,11-12H2/t10-/m0/s1. The van der Waals surface area contributed by atoms with Gasteiger partial charge < -0.3 is 16.2 Å². The molecule has 0 aliphatic rings. The number of hydrogen-bond donors (Lipinski definition) is 2. The molecule has 0 saturated heterocycles. The molecule has 4 N–H and O–H groups in total. The first-order valence-corrected chi connectivity index (χ1v) is 4.40. The molecule has 0 bridgehead atoms. The van der Waals surface area contributed by atoms with Gasteiger partial charge in [-0.15, -0.1) is 0 Å². The van der Waals surface area contributed by atoms with Crippen LogP contribution in [0, 0.1) is 0 Å². The Morgan fingerprint density at radius 2 is 1.92 bits per heavy atom. The summed E-state index contributed by atoms with van der Waals surface area (Å²) >= 11 is 0. The predicted molar refractivity (Wildman–Crippen MR) is 53.1 cm³/mol. The van der Waals surface area contributed by atoms with Crippen molar-refractivity contribution >= 4 is 0 Å². The Kier molecular flexibility index (Phi) is 4.46. The van der Waals surface area contributed by atoms with Crippen LogP contribution in [0.4, 0.5) is 0 Å². The summed E-state index contributed by atoms with van der Waals surface area (Å²) in [5, 5.41) is 0. The van der Waals surface area contributed by atoms with E-state index in [4.69, 9.17) is 16.2 Å². The molecule has 3 heteroatoms. The van der Waals surface area contributed by atoms with Crippen LogP contribution >= 0.6 is 0 Å². The van der Waals surface area contributed by atoms with Crippen molar-refractivity contribution < 1.29 is 4.74 Å². The van der Waals surface area contributed by atoms with E-state index in [0.717, 1.165) is 5.56 Å². The monoisotopic (exact) mass is 180 g/mol. The smallest absolute Gasteiger partial charge is 0.0717 e. The normalized spacial score (nSPS) is 12.8. The average molecular weight is 180 g/mol.